The fourth-order valence-corrected chi connectivity index (χ4v) is 1.97. The van der Waals surface area contributed by atoms with Crippen LogP contribution in [0.5, 0.6) is 0 Å². The van der Waals surface area contributed by atoms with Gasteiger partial charge in [-0.2, -0.15) is 0 Å². The van der Waals surface area contributed by atoms with Crippen LogP contribution in [0.15, 0.2) is 30.3 Å². The third-order valence-corrected chi connectivity index (χ3v) is 3.01. The van der Waals surface area contributed by atoms with Gasteiger partial charge in [0.25, 0.3) is 0 Å². The van der Waals surface area contributed by atoms with Crippen LogP contribution in [0.1, 0.15) is 46.1 Å². The summed E-state index contributed by atoms with van der Waals surface area (Å²) in [6, 6.07) is 9.17. The Hall–Kier alpha value is -1.99. The second-order valence-electron chi connectivity index (χ2n) is 6.46. The molecule has 1 amide bonds. The van der Waals surface area contributed by atoms with Gasteiger partial charge in [0, 0.05) is 6.42 Å². The summed E-state index contributed by atoms with van der Waals surface area (Å²) in [5.74, 6) is 5.74. The first kappa shape index (κ1) is 19.1. The maximum Gasteiger partial charge on any atom is 0.408 e. The topological polar surface area (TPSA) is 58.6 Å². The molecule has 0 fully saturated rings. The van der Waals surface area contributed by atoms with Gasteiger partial charge in [-0.15, -0.1) is 5.92 Å². The van der Waals surface area contributed by atoms with Gasteiger partial charge >= 0.3 is 6.09 Å². The fourth-order valence-electron chi connectivity index (χ4n) is 1.97. The molecule has 2 unspecified atom stereocenters. The number of nitrogens with one attached hydrogen (secondary N) is 1. The van der Waals surface area contributed by atoms with E-state index in [-0.39, 0.29) is 0 Å². The molecule has 0 saturated carbocycles. The van der Waals surface area contributed by atoms with E-state index >= 15 is 0 Å². The predicted molar refractivity (Wildman–Crippen MR) is 92.0 cm³/mol. The largest absolute Gasteiger partial charge is 0.444 e. The van der Waals surface area contributed by atoms with Gasteiger partial charge in [-0.3, -0.25) is 0 Å². The van der Waals surface area contributed by atoms with Crippen molar-refractivity contribution in [2.75, 3.05) is 0 Å². The molecule has 2 atom stereocenters. The number of carbonyl (C=O) groups is 1. The summed E-state index contributed by atoms with van der Waals surface area (Å²) >= 11 is 0. The molecule has 0 aliphatic heterocycles. The Bertz CT molecular complexity index is 537. The van der Waals surface area contributed by atoms with E-state index in [1.165, 1.54) is 0 Å². The van der Waals surface area contributed by atoms with Crippen molar-refractivity contribution in [1.29, 1.82) is 0 Å². The van der Waals surface area contributed by atoms with Crippen LogP contribution in [0.25, 0.3) is 0 Å². The highest BCUT2D eigenvalue weighted by molar-refractivity contribution is 5.68. The third-order valence-electron chi connectivity index (χ3n) is 3.01. The first-order valence-corrected chi connectivity index (χ1v) is 8.01. The van der Waals surface area contributed by atoms with Crippen molar-refractivity contribution < 1.29 is 14.6 Å². The highest BCUT2D eigenvalue weighted by atomic mass is 16.6. The van der Waals surface area contributed by atoms with Gasteiger partial charge in [-0.05, 0) is 39.2 Å². The first-order valence-electron chi connectivity index (χ1n) is 8.01. The van der Waals surface area contributed by atoms with Crippen molar-refractivity contribution in [2.24, 2.45) is 0 Å². The molecule has 0 aliphatic rings. The summed E-state index contributed by atoms with van der Waals surface area (Å²) in [7, 11) is 0. The molecule has 4 heteroatoms. The van der Waals surface area contributed by atoms with Gasteiger partial charge in [0.05, 0.1) is 6.04 Å². The number of ether oxygens (including phenoxy) is 1. The van der Waals surface area contributed by atoms with Crippen molar-refractivity contribution >= 4 is 6.09 Å². The summed E-state index contributed by atoms with van der Waals surface area (Å²) < 4.78 is 5.27. The molecule has 0 spiro atoms. The van der Waals surface area contributed by atoms with E-state index in [4.69, 9.17) is 4.74 Å². The number of unbranched alkanes of at least 4 members (excludes halogenated alkanes) is 1. The standard InChI is InChI=1S/C19H27NO3/c1-5-6-8-13-17(21)16(14-15-11-9-7-10-12-15)20-18(22)23-19(2,3)4/h7,9-12,16-17,21H,5-6,14H2,1-4H3,(H,20,22). The second-order valence-corrected chi connectivity index (χ2v) is 6.46. The van der Waals surface area contributed by atoms with E-state index < -0.39 is 23.8 Å². The number of alkyl carbamates (subject to hydrolysis) is 1. The molecular weight excluding hydrogens is 290 g/mol. The number of benzene rings is 1. The van der Waals surface area contributed by atoms with Crippen LogP contribution >= 0.6 is 0 Å². The lowest BCUT2D eigenvalue weighted by atomic mass is 10.0. The maximum atomic E-state index is 12.0. The van der Waals surface area contributed by atoms with E-state index in [0.717, 1.165) is 18.4 Å². The van der Waals surface area contributed by atoms with Gasteiger partial charge in [0.1, 0.15) is 11.7 Å². The van der Waals surface area contributed by atoms with E-state index in [0.29, 0.717) is 6.42 Å². The fraction of sp³-hybridized carbons (Fsp3) is 0.526. The molecule has 126 valence electrons. The van der Waals surface area contributed by atoms with E-state index in [9.17, 15) is 9.90 Å². The number of hydrogen-bond donors (Lipinski definition) is 2. The number of aliphatic hydroxyl groups excluding tert-OH is 1. The normalized spacial score (nSPS) is 13.4. The zero-order chi connectivity index (χ0) is 17.3. The van der Waals surface area contributed by atoms with E-state index in [1.807, 2.05) is 37.3 Å². The highest BCUT2D eigenvalue weighted by Gasteiger charge is 2.23. The lowest BCUT2D eigenvalue weighted by Gasteiger charge is -2.25. The molecule has 2 N–H and O–H groups in total. The van der Waals surface area contributed by atoms with E-state index in [2.05, 4.69) is 17.2 Å². The summed E-state index contributed by atoms with van der Waals surface area (Å²) in [6.45, 7) is 7.43. The smallest absolute Gasteiger partial charge is 0.408 e. The SMILES string of the molecule is CCCC#CC(O)C(Cc1ccccc1)NC(=O)OC(C)(C)C. The Kier molecular flexibility index (Phi) is 7.64. The van der Waals surface area contributed by atoms with Crippen molar-refractivity contribution in [3.63, 3.8) is 0 Å². The van der Waals surface area contributed by atoms with E-state index in [1.54, 1.807) is 20.8 Å². The molecule has 0 radical (unpaired) electrons. The number of hydrogen-bond acceptors (Lipinski definition) is 3. The Balaban J connectivity index is 2.79. The van der Waals surface area contributed by atoms with Crippen molar-refractivity contribution in [3.05, 3.63) is 35.9 Å². The summed E-state index contributed by atoms with van der Waals surface area (Å²) in [6.07, 6.45) is 0.663. The molecule has 1 aromatic rings. The zero-order valence-electron chi connectivity index (χ0n) is 14.4. The number of amides is 1. The summed E-state index contributed by atoms with van der Waals surface area (Å²) in [5, 5.41) is 13.0. The van der Waals surface area contributed by atoms with Crippen LogP contribution in [0, 0.1) is 11.8 Å². The lowest BCUT2D eigenvalue weighted by Crippen LogP contribution is -2.46. The Morgan fingerprint density at radius 1 is 1.30 bits per heavy atom. The minimum absolute atomic E-state index is 0.488. The molecule has 1 aromatic carbocycles. The molecule has 23 heavy (non-hydrogen) atoms. The molecular formula is C19H27NO3. The van der Waals surface area contributed by atoms with Gasteiger partial charge in [0.15, 0.2) is 0 Å². The predicted octanol–water partition coefficient (Wildman–Crippen LogP) is 3.29. The maximum absolute atomic E-state index is 12.0. The number of rotatable bonds is 5. The minimum atomic E-state index is -0.936. The lowest BCUT2D eigenvalue weighted by molar-refractivity contribution is 0.0459. The monoisotopic (exact) mass is 317 g/mol. The van der Waals surface area contributed by atoms with Crippen LogP contribution in [-0.4, -0.2) is 28.9 Å². The summed E-state index contributed by atoms with van der Waals surface area (Å²) in [4.78, 5) is 12.0. The van der Waals surface area contributed by atoms with Gasteiger partial charge in [0.2, 0.25) is 0 Å². The molecule has 0 bridgehead atoms. The molecule has 0 aliphatic carbocycles. The van der Waals surface area contributed by atoms with Crippen LogP contribution < -0.4 is 5.32 Å². The molecule has 0 aromatic heterocycles. The molecule has 0 heterocycles. The van der Waals surface area contributed by atoms with Crippen molar-refractivity contribution in [3.8, 4) is 11.8 Å². The Morgan fingerprint density at radius 3 is 2.52 bits per heavy atom. The first-order chi connectivity index (χ1) is 10.8. The second kappa shape index (κ2) is 9.22. The molecule has 0 saturated heterocycles. The van der Waals surface area contributed by atoms with Gasteiger partial charge in [-0.25, -0.2) is 4.79 Å². The molecule has 4 nitrogen and oxygen atoms in total. The van der Waals surface area contributed by atoms with Gasteiger partial charge in [-0.1, -0.05) is 43.2 Å². The van der Waals surface area contributed by atoms with Gasteiger partial charge < -0.3 is 15.2 Å². The Labute approximate surface area is 139 Å². The minimum Gasteiger partial charge on any atom is -0.444 e. The van der Waals surface area contributed by atoms with Crippen molar-refractivity contribution in [1.82, 2.24) is 5.32 Å². The van der Waals surface area contributed by atoms with Crippen LogP contribution in [-0.2, 0) is 11.2 Å². The zero-order valence-corrected chi connectivity index (χ0v) is 14.4. The average molecular weight is 317 g/mol. The molecule has 1 rings (SSSR count). The van der Waals surface area contributed by atoms with Crippen LogP contribution in [0.4, 0.5) is 4.79 Å². The number of aliphatic hydroxyl groups is 1. The number of carbonyl (C=O) groups excluding carboxylic acids is 1. The van der Waals surface area contributed by atoms with Crippen LogP contribution in [0.2, 0.25) is 0 Å². The Morgan fingerprint density at radius 2 is 1.96 bits per heavy atom. The summed E-state index contributed by atoms with van der Waals surface area (Å²) in [5.41, 5.74) is 0.435. The van der Waals surface area contributed by atoms with Crippen molar-refractivity contribution in [2.45, 2.75) is 64.7 Å². The average Bonchev–Trinajstić information content (AvgIpc) is 2.46. The third kappa shape index (κ3) is 8.27. The highest BCUT2D eigenvalue weighted by Crippen LogP contribution is 2.10. The quantitative estimate of drug-likeness (QED) is 0.819. The van der Waals surface area contributed by atoms with Crippen LogP contribution in [0.3, 0.4) is 0 Å².